The molecule has 0 saturated carbocycles. The summed E-state index contributed by atoms with van der Waals surface area (Å²) in [5, 5.41) is 12.6. The third-order valence-corrected chi connectivity index (χ3v) is 8.17. The number of allylic oxidation sites excluding steroid dienone is 10. The molecule has 48 heavy (non-hydrogen) atoms. The van der Waals surface area contributed by atoms with Crippen LogP contribution in [0.4, 0.5) is 0 Å². The van der Waals surface area contributed by atoms with Crippen molar-refractivity contribution in [2.24, 2.45) is 0 Å². The Morgan fingerprint density at radius 3 is 1.81 bits per heavy atom. The van der Waals surface area contributed by atoms with Crippen molar-refractivity contribution in [3.63, 3.8) is 0 Å². The zero-order valence-corrected chi connectivity index (χ0v) is 30.8. The highest BCUT2D eigenvalue weighted by Crippen LogP contribution is 2.42. The van der Waals surface area contributed by atoms with Crippen molar-refractivity contribution in [2.75, 3.05) is 26.4 Å². The van der Waals surface area contributed by atoms with Gasteiger partial charge in [-0.05, 0) is 70.6 Å². The van der Waals surface area contributed by atoms with Crippen LogP contribution in [0.2, 0.25) is 0 Å². The maximum atomic E-state index is 12.0. The van der Waals surface area contributed by atoms with Crippen LogP contribution < -0.4 is 5.32 Å². The van der Waals surface area contributed by atoms with Gasteiger partial charge in [0.2, 0.25) is 5.91 Å². The zero-order valence-electron chi connectivity index (χ0n) is 29.9. The molecule has 0 spiro atoms. The monoisotopic (exact) mass is 695 g/mol. The van der Waals surface area contributed by atoms with Crippen LogP contribution in [0, 0.1) is 0 Å². The first kappa shape index (κ1) is 45.7. The predicted octanol–water partition coefficient (Wildman–Crippen LogP) is 9.37. The van der Waals surface area contributed by atoms with Crippen molar-refractivity contribution in [3.05, 3.63) is 60.8 Å². The van der Waals surface area contributed by atoms with Crippen LogP contribution in [0.15, 0.2) is 60.8 Å². The van der Waals surface area contributed by atoms with Crippen LogP contribution in [0.5, 0.6) is 0 Å². The standard InChI is InChI=1S/C38H66NO8P/c1-3-5-7-9-11-13-15-17-19-20-22-24-26-28-30-37(41)39-32-33-46-48(43,44)47-35-36(40)34-45-38(42)31-29-27-25-23-21-18-16-14-12-10-8-6-4-2/h6,8-9,11-12,14-15,17-18,21,36,40H,3-5,7,10,13,16,19-20,22-35H2,1-2H3,(H,39,41)(H,43,44)/b8-6-,11-9-,14-12-,17-15-,21-18-. The molecular weight excluding hydrogens is 629 g/mol. The molecule has 2 unspecified atom stereocenters. The highest BCUT2D eigenvalue weighted by Gasteiger charge is 2.23. The van der Waals surface area contributed by atoms with Crippen LogP contribution in [-0.4, -0.2) is 54.3 Å². The first-order chi connectivity index (χ1) is 23.3. The number of nitrogens with one attached hydrogen (secondary N) is 1. The third-order valence-electron chi connectivity index (χ3n) is 7.18. The topological polar surface area (TPSA) is 131 Å². The Morgan fingerprint density at radius 2 is 1.19 bits per heavy atom. The second-order valence-corrected chi connectivity index (χ2v) is 13.3. The minimum Gasteiger partial charge on any atom is -0.463 e. The Labute approximate surface area is 291 Å². The summed E-state index contributed by atoms with van der Waals surface area (Å²) in [6, 6.07) is 0. The highest BCUT2D eigenvalue weighted by molar-refractivity contribution is 7.47. The first-order valence-corrected chi connectivity index (χ1v) is 19.8. The van der Waals surface area contributed by atoms with E-state index in [1.807, 2.05) is 0 Å². The van der Waals surface area contributed by atoms with Crippen LogP contribution in [-0.2, 0) is 27.9 Å². The number of aliphatic hydroxyl groups is 1. The Balaban J connectivity index is 3.71. The van der Waals surface area contributed by atoms with Crippen molar-refractivity contribution >= 4 is 19.7 Å². The van der Waals surface area contributed by atoms with Crippen molar-refractivity contribution in [2.45, 2.75) is 142 Å². The van der Waals surface area contributed by atoms with Gasteiger partial charge in [-0.1, -0.05) is 113 Å². The Kier molecular flexibility index (Phi) is 32.9. The van der Waals surface area contributed by atoms with E-state index in [1.165, 1.54) is 19.3 Å². The van der Waals surface area contributed by atoms with Gasteiger partial charge in [-0.15, -0.1) is 0 Å². The van der Waals surface area contributed by atoms with Crippen molar-refractivity contribution in [3.8, 4) is 0 Å². The molecule has 0 saturated heterocycles. The third kappa shape index (κ3) is 35.0. The number of ether oxygens (including phenoxy) is 1. The zero-order chi connectivity index (χ0) is 35.4. The summed E-state index contributed by atoms with van der Waals surface area (Å²) in [4.78, 5) is 33.7. The minimum atomic E-state index is -4.42. The van der Waals surface area contributed by atoms with Gasteiger partial charge in [-0.3, -0.25) is 18.6 Å². The minimum absolute atomic E-state index is 0.0673. The summed E-state index contributed by atoms with van der Waals surface area (Å²) < 4.78 is 26.7. The van der Waals surface area contributed by atoms with Gasteiger partial charge in [0.25, 0.3) is 0 Å². The molecule has 2 atom stereocenters. The van der Waals surface area contributed by atoms with E-state index in [2.05, 4.69) is 79.9 Å². The van der Waals surface area contributed by atoms with E-state index in [-0.39, 0.29) is 32.1 Å². The number of phosphoric ester groups is 1. The fourth-order valence-corrected chi connectivity index (χ4v) is 5.17. The number of carbonyl (C=O) groups excluding carboxylic acids is 2. The van der Waals surface area contributed by atoms with Gasteiger partial charge in [0.05, 0.1) is 13.2 Å². The number of amides is 1. The Bertz CT molecular complexity index is 976. The van der Waals surface area contributed by atoms with Gasteiger partial charge in [-0.2, -0.15) is 0 Å². The summed E-state index contributed by atoms with van der Waals surface area (Å²) in [5.74, 6) is -0.568. The van der Waals surface area contributed by atoms with Crippen molar-refractivity contribution < 1.29 is 37.9 Å². The number of phosphoric acid groups is 1. The lowest BCUT2D eigenvalue weighted by Gasteiger charge is -2.15. The largest absolute Gasteiger partial charge is 0.472 e. The van der Waals surface area contributed by atoms with Crippen LogP contribution in [0.1, 0.15) is 136 Å². The number of hydrogen-bond acceptors (Lipinski definition) is 7. The van der Waals surface area contributed by atoms with Crippen molar-refractivity contribution in [1.82, 2.24) is 5.32 Å². The number of aliphatic hydroxyl groups excluding tert-OH is 1. The van der Waals surface area contributed by atoms with E-state index in [9.17, 15) is 24.2 Å². The van der Waals surface area contributed by atoms with E-state index in [1.54, 1.807) is 0 Å². The average Bonchev–Trinajstić information content (AvgIpc) is 3.07. The lowest BCUT2D eigenvalue weighted by Crippen LogP contribution is -2.27. The molecule has 276 valence electrons. The molecule has 0 bridgehead atoms. The number of rotatable bonds is 33. The number of carbonyl (C=O) groups is 2. The molecule has 9 nitrogen and oxygen atoms in total. The van der Waals surface area contributed by atoms with E-state index in [0.717, 1.165) is 83.5 Å². The van der Waals surface area contributed by atoms with Crippen LogP contribution in [0.25, 0.3) is 0 Å². The predicted molar refractivity (Wildman–Crippen MR) is 196 cm³/mol. The highest BCUT2D eigenvalue weighted by atomic mass is 31.2. The number of unbranched alkanes of at least 4 members (excludes halogenated alkanes) is 10. The molecule has 0 aromatic rings. The molecule has 0 aliphatic carbocycles. The summed E-state index contributed by atoms with van der Waals surface area (Å²) in [6.45, 7) is 3.31. The van der Waals surface area contributed by atoms with Crippen LogP contribution >= 0.6 is 7.82 Å². The number of hydrogen-bond donors (Lipinski definition) is 3. The molecule has 1 amide bonds. The van der Waals surface area contributed by atoms with Gasteiger partial charge >= 0.3 is 13.8 Å². The van der Waals surface area contributed by atoms with Crippen LogP contribution in [0.3, 0.4) is 0 Å². The second-order valence-electron chi connectivity index (χ2n) is 11.8. The van der Waals surface area contributed by atoms with E-state index >= 15 is 0 Å². The maximum Gasteiger partial charge on any atom is 0.472 e. The fraction of sp³-hybridized carbons (Fsp3) is 0.684. The Morgan fingerprint density at radius 1 is 0.667 bits per heavy atom. The molecule has 0 heterocycles. The smallest absolute Gasteiger partial charge is 0.463 e. The lowest BCUT2D eigenvalue weighted by atomic mass is 10.1. The summed E-state index contributed by atoms with van der Waals surface area (Å²) in [6.07, 6.45) is 38.6. The Hall–Kier alpha value is -2.29. The molecule has 0 aromatic heterocycles. The van der Waals surface area contributed by atoms with Gasteiger partial charge in [0, 0.05) is 19.4 Å². The average molecular weight is 696 g/mol. The van der Waals surface area contributed by atoms with Gasteiger partial charge in [0.1, 0.15) is 12.7 Å². The van der Waals surface area contributed by atoms with E-state index < -0.39 is 26.5 Å². The second kappa shape index (κ2) is 34.6. The van der Waals surface area contributed by atoms with Gasteiger partial charge in [0.15, 0.2) is 0 Å². The van der Waals surface area contributed by atoms with Gasteiger partial charge < -0.3 is 20.1 Å². The molecule has 0 aliphatic rings. The van der Waals surface area contributed by atoms with Gasteiger partial charge in [-0.25, -0.2) is 4.57 Å². The molecular formula is C38H66NO8P. The van der Waals surface area contributed by atoms with E-state index in [0.29, 0.717) is 12.8 Å². The molecule has 0 aromatic carbocycles. The summed E-state index contributed by atoms with van der Waals surface area (Å²) in [5.41, 5.74) is 0. The molecule has 0 fully saturated rings. The maximum absolute atomic E-state index is 12.0. The normalized spacial score (nSPS) is 14.2. The summed E-state index contributed by atoms with van der Waals surface area (Å²) in [7, 11) is -4.42. The first-order valence-electron chi connectivity index (χ1n) is 18.3. The fourth-order valence-electron chi connectivity index (χ4n) is 4.41. The molecule has 0 radical (unpaired) electrons. The van der Waals surface area contributed by atoms with E-state index in [4.69, 9.17) is 13.8 Å². The quantitative estimate of drug-likeness (QED) is 0.0268. The summed E-state index contributed by atoms with van der Waals surface area (Å²) >= 11 is 0. The molecule has 3 N–H and O–H groups in total. The SMILES string of the molecule is CC/C=C\C/C=C\C/C=C\CCCCCC(=O)OCC(O)COP(=O)(O)OCCNC(=O)CCCCCCC/C=C\C/C=C\CCCC. The molecule has 0 rings (SSSR count). The molecule has 10 heteroatoms. The number of esters is 1. The van der Waals surface area contributed by atoms with Crippen molar-refractivity contribution in [1.29, 1.82) is 0 Å². The lowest BCUT2D eigenvalue weighted by molar-refractivity contribution is -0.147. The molecule has 0 aliphatic heterocycles.